The number of amides is 3. The van der Waals surface area contributed by atoms with E-state index < -0.39 is 34.9 Å². The van der Waals surface area contributed by atoms with Gasteiger partial charge in [0.1, 0.15) is 5.69 Å². The van der Waals surface area contributed by atoms with Gasteiger partial charge in [-0.25, -0.2) is 24.7 Å². The summed E-state index contributed by atoms with van der Waals surface area (Å²) in [6.07, 6.45) is 0.538. The van der Waals surface area contributed by atoms with Gasteiger partial charge in [-0.1, -0.05) is 84.3 Å². The maximum absolute atomic E-state index is 12.5. The topological polar surface area (TPSA) is 202 Å². The molecule has 2 atom stereocenters. The Morgan fingerprint density at radius 2 is 1.13 bits per heavy atom. The Morgan fingerprint density at radius 3 is 1.57 bits per heavy atom. The van der Waals surface area contributed by atoms with Crippen molar-refractivity contribution >= 4 is 45.5 Å². The molecule has 60 heavy (non-hydrogen) atoms. The lowest BCUT2D eigenvalue weighted by Gasteiger charge is -2.13. The van der Waals surface area contributed by atoms with Gasteiger partial charge < -0.3 is 30.5 Å². The monoisotopic (exact) mass is 801 g/mol. The SMILES string of the molecule is CCOC(=O)c1nc(-c2cccc(C#C[C@]3(O)CCN(C)C3=O)c2)nc2ccccc12.CN1CC[C@@](O)(C#Cc2cccc(-c3nc(C(N)=O)c4ccccc4n3)c2)C1=O. The number of aromatic nitrogens is 4. The number of primary amides is 1. The minimum atomic E-state index is -1.67. The summed E-state index contributed by atoms with van der Waals surface area (Å²) in [4.78, 5) is 69.3. The van der Waals surface area contributed by atoms with Gasteiger partial charge in [0.2, 0.25) is 11.2 Å². The maximum Gasteiger partial charge on any atom is 0.357 e. The van der Waals surface area contributed by atoms with Crippen LogP contribution in [0.1, 0.15) is 51.9 Å². The van der Waals surface area contributed by atoms with Gasteiger partial charge in [-0.2, -0.15) is 0 Å². The number of rotatable bonds is 5. The van der Waals surface area contributed by atoms with E-state index in [-0.39, 0.29) is 30.8 Å². The summed E-state index contributed by atoms with van der Waals surface area (Å²) < 4.78 is 5.16. The van der Waals surface area contributed by atoms with E-state index in [1.165, 1.54) is 9.80 Å². The molecule has 0 radical (unpaired) electrons. The minimum Gasteiger partial charge on any atom is -0.461 e. The third-order valence-corrected chi connectivity index (χ3v) is 10.00. The first kappa shape index (κ1) is 40.7. The summed E-state index contributed by atoms with van der Waals surface area (Å²) in [5.41, 5.74) is 6.25. The smallest absolute Gasteiger partial charge is 0.357 e. The van der Waals surface area contributed by atoms with Crippen LogP contribution in [0.2, 0.25) is 0 Å². The molecule has 0 bridgehead atoms. The number of carbonyl (C=O) groups is 4. The second-order valence-electron chi connectivity index (χ2n) is 14.2. The van der Waals surface area contributed by atoms with Crippen LogP contribution in [0.25, 0.3) is 44.6 Å². The molecule has 0 aliphatic carbocycles. The number of hydrogen-bond acceptors (Lipinski definition) is 11. The molecule has 2 aliphatic rings. The van der Waals surface area contributed by atoms with Gasteiger partial charge in [-0.05, 0) is 43.3 Å². The highest BCUT2D eigenvalue weighted by Crippen LogP contribution is 2.26. The van der Waals surface area contributed by atoms with Crippen LogP contribution in [0, 0.1) is 23.7 Å². The largest absolute Gasteiger partial charge is 0.461 e. The predicted octanol–water partition coefficient (Wildman–Crippen LogP) is 3.76. The average Bonchev–Trinajstić information content (AvgIpc) is 3.68. The zero-order valence-electron chi connectivity index (χ0n) is 33.0. The first-order chi connectivity index (χ1) is 28.8. The van der Waals surface area contributed by atoms with Crippen molar-refractivity contribution in [3.63, 3.8) is 0 Å². The zero-order chi connectivity index (χ0) is 42.6. The number of carbonyl (C=O) groups excluding carboxylic acids is 4. The molecule has 2 aromatic heterocycles. The number of hydrogen-bond donors (Lipinski definition) is 3. The molecular formula is C46H39N7O7. The second-order valence-corrected chi connectivity index (χ2v) is 14.2. The lowest BCUT2D eigenvalue weighted by Crippen LogP contribution is -2.37. The highest BCUT2D eigenvalue weighted by molar-refractivity contribution is 6.04. The van der Waals surface area contributed by atoms with Crippen molar-refractivity contribution in [3.05, 3.63) is 120 Å². The van der Waals surface area contributed by atoms with Gasteiger partial charge in [-0.15, -0.1) is 0 Å². The number of para-hydroxylation sites is 2. The Balaban J connectivity index is 0.000000182. The Morgan fingerprint density at radius 1 is 0.683 bits per heavy atom. The number of likely N-dealkylation sites (tertiary alicyclic amines) is 2. The molecule has 6 aromatic rings. The van der Waals surface area contributed by atoms with Crippen molar-refractivity contribution in [3.8, 4) is 46.5 Å². The summed E-state index contributed by atoms with van der Waals surface area (Å²) >= 11 is 0. The van der Waals surface area contributed by atoms with Crippen LogP contribution in [0.5, 0.6) is 0 Å². The molecule has 300 valence electrons. The van der Waals surface area contributed by atoms with Crippen LogP contribution in [-0.4, -0.2) is 109 Å². The zero-order valence-corrected chi connectivity index (χ0v) is 33.0. The van der Waals surface area contributed by atoms with E-state index in [1.54, 1.807) is 87.7 Å². The van der Waals surface area contributed by atoms with Crippen LogP contribution in [0.4, 0.5) is 0 Å². The van der Waals surface area contributed by atoms with Crippen molar-refractivity contribution in [2.24, 2.45) is 5.73 Å². The lowest BCUT2D eigenvalue weighted by atomic mass is 10.0. The fraction of sp³-hybridized carbons (Fsp3) is 0.217. The van der Waals surface area contributed by atoms with E-state index in [4.69, 9.17) is 10.5 Å². The van der Waals surface area contributed by atoms with Gasteiger partial charge in [0.25, 0.3) is 17.7 Å². The maximum atomic E-state index is 12.5. The van der Waals surface area contributed by atoms with Gasteiger partial charge in [-0.3, -0.25) is 14.4 Å². The van der Waals surface area contributed by atoms with Crippen molar-refractivity contribution < 1.29 is 34.1 Å². The number of ether oxygens (including phenoxy) is 1. The van der Waals surface area contributed by atoms with Crippen LogP contribution in [0.3, 0.4) is 0 Å². The molecule has 4 aromatic carbocycles. The van der Waals surface area contributed by atoms with E-state index in [9.17, 15) is 29.4 Å². The Hall–Kier alpha value is -7.52. The first-order valence-corrected chi connectivity index (χ1v) is 19.0. The third-order valence-electron chi connectivity index (χ3n) is 10.00. The number of fused-ring (bicyclic) bond motifs is 2. The molecule has 0 unspecified atom stereocenters. The molecule has 8 rings (SSSR count). The summed E-state index contributed by atoms with van der Waals surface area (Å²) in [5, 5.41) is 22.2. The molecule has 2 fully saturated rings. The van der Waals surface area contributed by atoms with Gasteiger partial charge in [0.15, 0.2) is 17.3 Å². The van der Waals surface area contributed by atoms with E-state index in [1.807, 2.05) is 30.3 Å². The van der Waals surface area contributed by atoms with E-state index >= 15 is 0 Å². The fourth-order valence-corrected chi connectivity index (χ4v) is 6.72. The fourth-order valence-electron chi connectivity index (χ4n) is 6.72. The molecule has 14 nitrogen and oxygen atoms in total. The van der Waals surface area contributed by atoms with Gasteiger partial charge >= 0.3 is 5.97 Å². The molecule has 0 saturated carbocycles. The van der Waals surface area contributed by atoms with Crippen LogP contribution >= 0.6 is 0 Å². The average molecular weight is 802 g/mol. The van der Waals surface area contributed by atoms with Crippen LogP contribution in [0.15, 0.2) is 97.1 Å². The summed E-state index contributed by atoms with van der Waals surface area (Å²) in [5.74, 6) is 9.93. The molecule has 14 heteroatoms. The normalized spacial score (nSPS) is 18.3. The third kappa shape index (κ3) is 8.37. The molecular weight excluding hydrogens is 763 g/mol. The van der Waals surface area contributed by atoms with Crippen molar-refractivity contribution in [2.75, 3.05) is 33.8 Å². The number of benzene rings is 4. The van der Waals surface area contributed by atoms with Gasteiger partial charge in [0, 0.05) is 73.1 Å². The van der Waals surface area contributed by atoms with Crippen molar-refractivity contribution in [1.82, 2.24) is 29.7 Å². The minimum absolute atomic E-state index is 0.149. The second kappa shape index (κ2) is 16.8. The Bertz CT molecular complexity index is 2840. The molecule has 4 heterocycles. The molecule has 4 N–H and O–H groups in total. The predicted molar refractivity (Wildman–Crippen MR) is 223 cm³/mol. The molecule has 2 aliphatic heterocycles. The Labute approximate surface area is 345 Å². The number of aliphatic hydroxyl groups is 2. The molecule has 3 amide bonds. The quantitative estimate of drug-likeness (QED) is 0.169. The van der Waals surface area contributed by atoms with Crippen LogP contribution in [-0.2, 0) is 14.3 Å². The van der Waals surface area contributed by atoms with Crippen molar-refractivity contribution in [2.45, 2.75) is 31.0 Å². The van der Waals surface area contributed by atoms with Crippen molar-refractivity contribution in [1.29, 1.82) is 0 Å². The summed E-state index contributed by atoms with van der Waals surface area (Å²) in [6.45, 7) is 2.91. The number of nitrogens with two attached hydrogens (primary N) is 1. The van der Waals surface area contributed by atoms with E-state index in [2.05, 4.69) is 43.6 Å². The molecule has 0 spiro atoms. The van der Waals surface area contributed by atoms with E-state index in [0.29, 0.717) is 68.8 Å². The highest BCUT2D eigenvalue weighted by atomic mass is 16.5. The summed E-state index contributed by atoms with van der Waals surface area (Å²) in [6, 6.07) is 28.6. The van der Waals surface area contributed by atoms with Crippen LogP contribution < -0.4 is 5.73 Å². The molecule has 2 saturated heterocycles. The lowest BCUT2D eigenvalue weighted by molar-refractivity contribution is -0.138. The first-order valence-electron chi connectivity index (χ1n) is 19.0. The summed E-state index contributed by atoms with van der Waals surface area (Å²) in [7, 11) is 3.27. The van der Waals surface area contributed by atoms with Gasteiger partial charge in [0.05, 0.1) is 17.6 Å². The van der Waals surface area contributed by atoms with E-state index in [0.717, 1.165) is 0 Å². The Kier molecular flexibility index (Phi) is 11.4. The number of nitrogens with zero attached hydrogens (tertiary/aromatic N) is 6. The number of likely N-dealkylation sites (N-methyl/N-ethyl adjacent to an activating group) is 2. The number of esters is 1. The highest BCUT2D eigenvalue weighted by Gasteiger charge is 2.43. The standard InChI is InChI=1S/C24H21N3O4.C22H18N4O3/c1-3-31-22(28)20-18-9-4-5-10-19(18)25-21(26-20)17-8-6-7-16(15-17)11-12-24(30)13-14-27(2)23(24)29;1-26-12-11-22(29,21(26)28)10-9-14-5-4-6-15(13-14)20-24-17-8-3-2-7-16(17)18(25-20)19(23)27/h4-10,15,30H,3,13-14H2,1-2H3;2-8,13,29H,11-12H2,1H3,(H2,23,27)/t24-;22-/m00/s1.